The van der Waals surface area contributed by atoms with E-state index < -0.39 is 0 Å². The third-order valence-electron chi connectivity index (χ3n) is 5.50. The Morgan fingerprint density at radius 2 is 2.04 bits per heavy atom. The van der Waals surface area contributed by atoms with Gasteiger partial charge in [0.15, 0.2) is 0 Å². The van der Waals surface area contributed by atoms with Gasteiger partial charge in [-0.1, -0.05) is 50.6 Å². The average Bonchev–Trinajstić information content (AvgIpc) is 2.53. The van der Waals surface area contributed by atoms with E-state index in [9.17, 15) is 4.79 Å². The first-order valence-electron chi connectivity index (χ1n) is 8.62. The van der Waals surface area contributed by atoms with Crippen LogP contribution in [0.3, 0.4) is 0 Å². The summed E-state index contributed by atoms with van der Waals surface area (Å²) in [4.78, 5) is 11.7. The van der Waals surface area contributed by atoms with Gasteiger partial charge in [0, 0.05) is 17.9 Å². The maximum atomic E-state index is 11.7. The smallest absolute Gasteiger partial charge is 0.310 e. The van der Waals surface area contributed by atoms with Crippen LogP contribution in [-0.4, -0.2) is 12.6 Å². The number of ether oxygens (including phenoxy) is 2. The first kappa shape index (κ1) is 16.3. The summed E-state index contributed by atoms with van der Waals surface area (Å²) in [6.07, 6.45) is 2.73. The lowest BCUT2D eigenvalue weighted by molar-refractivity contribution is -0.134. The van der Waals surface area contributed by atoms with Crippen LogP contribution in [0.25, 0.3) is 0 Å². The molecule has 0 saturated carbocycles. The summed E-state index contributed by atoms with van der Waals surface area (Å²) in [5, 5.41) is 0. The molecule has 23 heavy (non-hydrogen) atoms. The summed E-state index contributed by atoms with van der Waals surface area (Å²) in [6.45, 7) is 9.39. The van der Waals surface area contributed by atoms with Crippen molar-refractivity contribution in [3.05, 3.63) is 41.5 Å². The van der Waals surface area contributed by atoms with E-state index >= 15 is 0 Å². The number of benzene rings is 1. The number of fused-ring (bicyclic) bond motifs is 2. The van der Waals surface area contributed by atoms with Gasteiger partial charge in [-0.15, -0.1) is 0 Å². The number of rotatable bonds is 3. The molecule has 3 rings (SSSR count). The Morgan fingerprint density at radius 1 is 1.30 bits per heavy atom. The van der Waals surface area contributed by atoms with Crippen LogP contribution in [0.1, 0.15) is 45.8 Å². The molecule has 0 radical (unpaired) electrons. The Balaban J connectivity index is 1.96. The summed E-state index contributed by atoms with van der Waals surface area (Å²) >= 11 is 0. The molecule has 1 aromatic rings. The van der Waals surface area contributed by atoms with Gasteiger partial charge in [0.05, 0.1) is 12.7 Å². The molecule has 5 atom stereocenters. The van der Waals surface area contributed by atoms with Crippen LogP contribution in [0.5, 0.6) is 5.75 Å². The summed E-state index contributed by atoms with van der Waals surface area (Å²) in [5.74, 6) is 2.50. The van der Waals surface area contributed by atoms with E-state index in [2.05, 4.69) is 26.8 Å². The summed E-state index contributed by atoms with van der Waals surface area (Å²) in [5.41, 5.74) is 2.38. The van der Waals surface area contributed by atoms with Crippen LogP contribution in [-0.2, 0) is 9.53 Å². The van der Waals surface area contributed by atoms with E-state index in [1.165, 1.54) is 5.57 Å². The van der Waals surface area contributed by atoms with E-state index in [1.54, 1.807) is 0 Å². The van der Waals surface area contributed by atoms with Crippen LogP contribution >= 0.6 is 0 Å². The number of carbonyl (C=O) groups excluding carboxylic acids is 1. The molecule has 0 N–H and O–H groups in total. The highest BCUT2D eigenvalue weighted by Crippen LogP contribution is 2.50. The first-order valence-corrected chi connectivity index (χ1v) is 8.62. The highest BCUT2D eigenvalue weighted by atomic mass is 16.5. The molecule has 3 heteroatoms. The van der Waals surface area contributed by atoms with Crippen molar-refractivity contribution in [2.75, 3.05) is 6.61 Å². The zero-order chi connectivity index (χ0) is 16.6. The van der Waals surface area contributed by atoms with Crippen molar-refractivity contribution in [1.29, 1.82) is 0 Å². The minimum Gasteiger partial charge on any atom is -0.426 e. The van der Waals surface area contributed by atoms with Gasteiger partial charge in [-0.3, -0.25) is 4.79 Å². The van der Waals surface area contributed by atoms with Gasteiger partial charge < -0.3 is 9.47 Å². The monoisotopic (exact) mass is 314 g/mol. The fourth-order valence-electron chi connectivity index (χ4n) is 4.23. The topological polar surface area (TPSA) is 35.5 Å². The van der Waals surface area contributed by atoms with Gasteiger partial charge in [0.25, 0.3) is 0 Å². The summed E-state index contributed by atoms with van der Waals surface area (Å²) in [6, 6.07) is 7.79. The minimum absolute atomic E-state index is 0.0362. The van der Waals surface area contributed by atoms with E-state index in [4.69, 9.17) is 9.47 Å². The van der Waals surface area contributed by atoms with Gasteiger partial charge in [-0.05, 0) is 30.7 Å². The van der Waals surface area contributed by atoms with Crippen molar-refractivity contribution in [2.24, 2.45) is 23.7 Å². The number of carbonyl (C=O) groups is 1. The minimum atomic E-state index is -0.205. The first-order chi connectivity index (χ1) is 11.0. The fraction of sp³-hybridized carbons (Fsp3) is 0.550. The maximum absolute atomic E-state index is 11.7. The molecule has 1 fully saturated rings. The number of allylic oxidation sites excluding steroid dienone is 1. The highest BCUT2D eigenvalue weighted by molar-refractivity contribution is 5.72. The van der Waals surface area contributed by atoms with Gasteiger partial charge >= 0.3 is 5.97 Å². The average molecular weight is 314 g/mol. The zero-order valence-electron chi connectivity index (χ0n) is 14.4. The van der Waals surface area contributed by atoms with Crippen molar-refractivity contribution < 1.29 is 14.3 Å². The van der Waals surface area contributed by atoms with Crippen molar-refractivity contribution in [3.63, 3.8) is 0 Å². The lowest BCUT2D eigenvalue weighted by atomic mass is 9.64. The van der Waals surface area contributed by atoms with Gasteiger partial charge in [0.2, 0.25) is 0 Å². The second-order valence-electron chi connectivity index (χ2n) is 6.94. The summed E-state index contributed by atoms with van der Waals surface area (Å²) < 4.78 is 11.8. The lowest BCUT2D eigenvalue weighted by Crippen LogP contribution is -2.42. The number of esters is 1. The third-order valence-corrected chi connectivity index (χ3v) is 5.50. The lowest BCUT2D eigenvalue weighted by Gasteiger charge is -2.47. The molecule has 0 aromatic heterocycles. The SMILES string of the molecule is CCC(=O)Oc1ccccc1[C@H]1OC[C@@H]2[C@@H](C)[C@@H]1C(C)=C[C@H]2C. The number of hydrogen-bond donors (Lipinski definition) is 0. The van der Waals surface area contributed by atoms with E-state index in [1.807, 2.05) is 31.2 Å². The standard InChI is InChI=1S/C20H26O3/c1-5-18(21)23-17-9-7-6-8-15(17)20-19-13(3)10-12(2)16(11-22-20)14(19)4/h6-10,12,14,16,19-20H,5,11H2,1-4H3/t12-,14-,16+,19+,20-/m1/s1. The van der Waals surface area contributed by atoms with Crippen LogP contribution in [0.2, 0.25) is 0 Å². The van der Waals surface area contributed by atoms with Gasteiger partial charge in [0.1, 0.15) is 5.75 Å². The third kappa shape index (κ3) is 2.94. The second kappa shape index (κ2) is 6.48. The second-order valence-corrected chi connectivity index (χ2v) is 6.94. The Kier molecular flexibility index (Phi) is 4.58. The quantitative estimate of drug-likeness (QED) is 0.467. The molecule has 1 aliphatic carbocycles. The zero-order valence-corrected chi connectivity index (χ0v) is 14.4. The molecule has 3 nitrogen and oxygen atoms in total. The Labute approximate surface area is 138 Å². The van der Waals surface area contributed by atoms with E-state index in [-0.39, 0.29) is 12.1 Å². The predicted molar refractivity (Wildman–Crippen MR) is 90.1 cm³/mol. The number of para-hydroxylation sites is 1. The van der Waals surface area contributed by atoms with Crippen LogP contribution in [0.15, 0.2) is 35.9 Å². The molecule has 2 bridgehead atoms. The molecule has 124 valence electrons. The van der Waals surface area contributed by atoms with E-state index in [0.717, 1.165) is 12.2 Å². The van der Waals surface area contributed by atoms with Gasteiger partial charge in [-0.2, -0.15) is 0 Å². The van der Waals surface area contributed by atoms with Crippen LogP contribution < -0.4 is 4.74 Å². The molecular weight excluding hydrogens is 288 g/mol. The Bertz CT molecular complexity index is 619. The molecule has 2 aliphatic rings. The van der Waals surface area contributed by atoms with Crippen molar-refractivity contribution in [2.45, 2.75) is 40.2 Å². The predicted octanol–water partition coefficient (Wildman–Crippen LogP) is 4.54. The highest BCUT2D eigenvalue weighted by Gasteiger charge is 2.44. The van der Waals surface area contributed by atoms with E-state index in [0.29, 0.717) is 35.8 Å². The molecule has 0 unspecified atom stereocenters. The van der Waals surface area contributed by atoms with Crippen LogP contribution in [0.4, 0.5) is 0 Å². The largest absolute Gasteiger partial charge is 0.426 e. The van der Waals surface area contributed by atoms with Gasteiger partial charge in [-0.25, -0.2) is 0 Å². The Morgan fingerprint density at radius 3 is 2.78 bits per heavy atom. The number of hydrogen-bond acceptors (Lipinski definition) is 3. The molecule has 1 aliphatic heterocycles. The molecule has 1 saturated heterocycles. The van der Waals surface area contributed by atoms with Crippen LogP contribution in [0, 0.1) is 23.7 Å². The Hall–Kier alpha value is -1.61. The van der Waals surface area contributed by atoms with Crippen molar-refractivity contribution in [3.8, 4) is 5.75 Å². The molecular formula is C20H26O3. The molecule has 1 aromatic carbocycles. The molecule has 1 heterocycles. The fourth-order valence-corrected chi connectivity index (χ4v) is 4.23. The molecule has 0 spiro atoms. The van der Waals surface area contributed by atoms with Crippen molar-refractivity contribution >= 4 is 5.97 Å². The van der Waals surface area contributed by atoms with Crippen molar-refractivity contribution in [1.82, 2.24) is 0 Å². The maximum Gasteiger partial charge on any atom is 0.310 e. The normalized spacial score (nSPS) is 33.0. The molecule has 0 amide bonds. The summed E-state index contributed by atoms with van der Waals surface area (Å²) in [7, 11) is 0.